The number of piperidine rings is 1. The van der Waals surface area contributed by atoms with Crippen molar-refractivity contribution in [3.05, 3.63) is 137 Å². The van der Waals surface area contributed by atoms with Gasteiger partial charge in [0.15, 0.2) is 5.60 Å². The molecule has 4 heterocycles. The van der Waals surface area contributed by atoms with Crippen LogP contribution in [0, 0.1) is 11.8 Å². The van der Waals surface area contributed by atoms with E-state index in [1.165, 1.54) is 0 Å². The molecule has 55 heavy (non-hydrogen) atoms. The van der Waals surface area contributed by atoms with Crippen molar-refractivity contribution < 1.29 is 24.2 Å². The molecular weight excluding hydrogens is 691 g/mol. The van der Waals surface area contributed by atoms with E-state index >= 15 is 4.79 Å². The first-order valence-corrected chi connectivity index (χ1v) is 19.4. The van der Waals surface area contributed by atoms with Crippen LogP contribution in [-0.2, 0) is 38.4 Å². The van der Waals surface area contributed by atoms with Gasteiger partial charge in [0.05, 0.1) is 31.6 Å². The number of ether oxygens (including phenoxy) is 2. The van der Waals surface area contributed by atoms with Crippen molar-refractivity contribution in [3.63, 3.8) is 0 Å². The molecule has 5 aromatic rings. The fraction of sp³-hybridized carbons (Fsp3) is 0.378. The topological polar surface area (TPSA) is 110 Å². The summed E-state index contributed by atoms with van der Waals surface area (Å²) in [6, 6.07) is 33.7. The summed E-state index contributed by atoms with van der Waals surface area (Å²) < 4.78 is 14.5. The number of fused-ring (bicyclic) bond motifs is 2. The lowest BCUT2D eigenvalue weighted by Gasteiger charge is -2.38. The first kappa shape index (κ1) is 36.6. The number of hydrogen-bond acceptors (Lipinski definition) is 7. The van der Waals surface area contributed by atoms with Crippen molar-refractivity contribution in [2.75, 3.05) is 23.5 Å². The van der Waals surface area contributed by atoms with Crippen molar-refractivity contribution in [2.45, 2.75) is 82.8 Å². The zero-order valence-corrected chi connectivity index (χ0v) is 32.0. The normalized spacial score (nSPS) is 23.0. The Morgan fingerprint density at radius 1 is 0.945 bits per heavy atom. The van der Waals surface area contributed by atoms with Crippen LogP contribution in [0.5, 0.6) is 5.75 Å². The van der Waals surface area contributed by atoms with E-state index in [2.05, 4.69) is 43.2 Å². The molecule has 2 fully saturated rings. The molecule has 0 radical (unpaired) electrons. The molecule has 8 rings (SSSR count). The Kier molecular flexibility index (Phi) is 9.81. The van der Waals surface area contributed by atoms with Gasteiger partial charge < -0.3 is 24.4 Å². The third-order valence-electron chi connectivity index (χ3n) is 12.2. The fourth-order valence-electron chi connectivity index (χ4n) is 9.35. The van der Waals surface area contributed by atoms with Crippen LogP contribution in [0.25, 0.3) is 0 Å². The average molecular weight is 740 g/mol. The van der Waals surface area contributed by atoms with E-state index in [9.17, 15) is 9.90 Å². The van der Waals surface area contributed by atoms with Gasteiger partial charge in [0, 0.05) is 42.6 Å². The molecule has 10 heteroatoms. The second-order valence-electron chi connectivity index (χ2n) is 15.7. The zero-order chi connectivity index (χ0) is 38.3. The highest BCUT2D eigenvalue weighted by Crippen LogP contribution is 2.60. The molecule has 2 amide bonds. The van der Waals surface area contributed by atoms with Gasteiger partial charge in [-0.25, -0.2) is 0 Å². The Morgan fingerprint density at radius 2 is 1.67 bits per heavy atom. The second kappa shape index (κ2) is 14.7. The predicted octanol–water partition coefficient (Wildman–Crippen LogP) is 7.35. The molecule has 0 aliphatic carbocycles. The van der Waals surface area contributed by atoms with Gasteiger partial charge in [-0.05, 0) is 71.7 Å². The number of methoxy groups -OCH3 is 1. The van der Waals surface area contributed by atoms with E-state index in [0.29, 0.717) is 31.6 Å². The third kappa shape index (κ3) is 6.51. The first-order valence-electron chi connectivity index (χ1n) is 19.4. The number of anilines is 2. The maximum Gasteiger partial charge on any atom is 0.264 e. The standard InChI is InChI=1S/C45H49N5O5/c1-30-41(44(2,3)33-19-23-35(54-4)24-20-33)39(25-27-48-29-37(46-47-48)42(52)32-12-6-5-7-13-32)55-45(30)36-14-8-9-15-38(36)50(43(45)53)28-31-17-21-34(22-18-31)49-26-11-10-16-40(49)51/h5-9,12-15,17-24,29-30,39,41-42,52H,10-11,16,25-28H2,1-4H3/t30-,39+,41-,42-,45+/m1/s1. The number of rotatable bonds is 11. The summed E-state index contributed by atoms with van der Waals surface area (Å²) in [6.45, 7) is 8.26. The van der Waals surface area contributed by atoms with E-state index in [4.69, 9.17) is 9.47 Å². The van der Waals surface area contributed by atoms with Gasteiger partial charge in [-0.15, -0.1) is 5.10 Å². The maximum atomic E-state index is 15.2. The van der Waals surface area contributed by atoms with E-state index in [1.54, 1.807) is 18.0 Å². The van der Waals surface area contributed by atoms with Gasteiger partial charge in [-0.2, -0.15) is 0 Å². The number of para-hydroxylation sites is 1. The largest absolute Gasteiger partial charge is 0.497 e. The van der Waals surface area contributed by atoms with Gasteiger partial charge >= 0.3 is 0 Å². The highest BCUT2D eigenvalue weighted by atomic mass is 16.5. The van der Waals surface area contributed by atoms with Crippen LogP contribution in [0.15, 0.2) is 109 Å². The van der Waals surface area contributed by atoms with Crippen molar-refractivity contribution in [2.24, 2.45) is 11.8 Å². The van der Waals surface area contributed by atoms with Crippen LogP contribution >= 0.6 is 0 Å². The molecule has 0 saturated carbocycles. The van der Waals surface area contributed by atoms with Crippen molar-refractivity contribution >= 4 is 23.2 Å². The summed E-state index contributed by atoms with van der Waals surface area (Å²) in [5.41, 5.74) is 4.37. The smallest absolute Gasteiger partial charge is 0.264 e. The Balaban J connectivity index is 1.11. The minimum atomic E-state index is -1.20. The van der Waals surface area contributed by atoms with E-state index in [0.717, 1.165) is 58.8 Å². The Hall–Kier alpha value is -5.32. The van der Waals surface area contributed by atoms with Crippen molar-refractivity contribution in [1.29, 1.82) is 0 Å². The van der Waals surface area contributed by atoms with Crippen molar-refractivity contribution in [3.8, 4) is 5.75 Å². The molecule has 0 unspecified atom stereocenters. The zero-order valence-electron chi connectivity index (χ0n) is 32.0. The SMILES string of the molecule is COc1ccc(C(C)(C)[C@H]2[C@H](CCn3cc([C@H](O)c4ccccc4)nn3)O[C@@]3(C(=O)N(Cc4ccc(N5CCCCC5=O)cc4)c4ccccc43)[C@@H]2C)cc1. The number of aliphatic hydroxyl groups is 1. The molecular formula is C45H49N5O5. The minimum absolute atomic E-state index is 0.0662. The van der Waals surface area contributed by atoms with Gasteiger partial charge in [0.1, 0.15) is 17.5 Å². The molecule has 3 aliphatic heterocycles. The Labute approximate surface area is 322 Å². The minimum Gasteiger partial charge on any atom is -0.497 e. The first-order chi connectivity index (χ1) is 26.6. The van der Waals surface area contributed by atoms with Gasteiger partial charge in [0.2, 0.25) is 5.91 Å². The lowest BCUT2D eigenvalue weighted by Crippen LogP contribution is -2.45. The molecule has 2 saturated heterocycles. The summed E-state index contributed by atoms with van der Waals surface area (Å²) in [7, 11) is 1.67. The van der Waals surface area contributed by atoms with Crippen LogP contribution in [-0.4, -0.2) is 51.7 Å². The van der Waals surface area contributed by atoms with Crippen LogP contribution in [0.4, 0.5) is 11.4 Å². The summed E-state index contributed by atoms with van der Waals surface area (Å²) in [5.74, 6) is 0.606. The van der Waals surface area contributed by atoms with Crippen LogP contribution in [0.3, 0.4) is 0 Å². The van der Waals surface area contributed by atoms with E-state index < -0.39 is 17.1 Å². The Bertz CT molecular complexity index is 2150. The fourth-order valence-corrected chi connectivity index (χ4v) is 9.35. The summed E-state index contributed by atoms with van der Waals surface area (Å²) in [6.07, 6.45) is 3.68. The van der Waals surface area contributed by atoms with Crippen LogP contribution in [0.2, 0.25) is 0 Å². The molecule has 5 atom stereocenters. The summed E-state index contributed by atoms with van der Waals surface area (Å²) >= 11 is 0. The number of hydrogen-bond donors (Lipinski definition) is 1. The van der Waals surface area contributed by atoms with Gasteiger partial charge in [-0.3, -0.25) is 14.3 Å². The van der Waals surface area contributed by atoms with Crippen LogP contribution in [0.1, 0.15) is 80.5 Å². The summed E-state index contributed by atoms with van der Waals surface area (Å²) in [5, 5.41) is 19.7. The lowest BCUT2D eigenvalue weighted by molar-refractivity contribution is -0.146. The number of carbonyl (C=O) groups excluding carboxylic acids is 2. The van der Waals surface area contributed by atoms with Crippen molar-refractivity contribution in [1.82, 2.24) is 15.0 Å². The molecule has 3 aliphatic rings. The Morgan fingerprint density at radius 3 is 2.40 bits per heavy atom. The number of aryl methyl sites for hydroxylation is 1. The van der Waals surface area contributed by atoms with E-state index in [-0.39, 0.29) is 29.8 Å². The number of aliphatic hydroxyl groups excluding tert-OH is 1. The quantitative estimate of drug-likeness (QED) is 0.151. The monoisotopic (exact) mass is 739 g/mol. The number of amides is 2. The van der Waals surface area contributed by atoms with E-state index in [1.807, 2.05) is 101 Å². The lowest BCUT2D eigenvalue weighted by atomic mass is 9.63. The van der Waals surface area contributed by atoms with Crippen LogP contribution < -0.4 is 14.5 Å². The summed E-state index contributed by atoms with van der Waals surface area (Å²) in [4.78, 5) is 31.5. The average Bonchev–Trinajstić information content (AvgIpc) is 3.88. The molecule has 4 aromatic carbocycles. The molecule has 1 N–H and O–H groups in total. The highest BCUT2D eigenvalue weighted by molar-refractivity contribution is 6.07. The highest BCUT2D eigenvalue weighted by Gasteiger charge is 2.65. The third-order valence-corrected chi connectivity index (χ3v) is 12.2. The van der Waals surface area contributed by atoms with Gasteiger partial charge in [0.25, 0.3) is 5.91 Å². The molecule has 10 nitrogen and oxygen atoms in total. The number of nitrogens with zero attached hydrogens (tertiary/aromatic N) is 5. The number of benzene rings is 4. The molecule has 1 aromatic heterocycles. The number of carbonyl (C=O) groups is 2. The molecule has 284 valence electrons. The van der Waals surface area contributed by atoms with Gasteiger partial charge in [-0.1, -0.05) is 98.8 Å². The molecule has 1 spiro atoms. The number of aromatic nitrogens is 3. The molecule has 0 bridgehead atoms. The second-order valence-corrected chi connectivity index (χ2v) is 15.7. The maximum absolute atomic E-state index is 15.2. The predicted molar refractivity (Wildman–Crippen MR) is 211 cm³/mol.